The molecule has 8 heteroatoms. The number of anilines is 1. The fourth-order valence-electron chi connectivity index (χ4n) is 3.94. The largest absolute Gasteiger partial charge is 0.336 e. The van der Waals surface area contributed by atoms with E-state index in [2.05, 4.69) is 29.2 Å². The second-order valence-corrected chi connectivity index (χ2v) is 10.8. The number of amides is 1. The van der Waals surface area contributed by atoms with Crippen molar-refractivity contribution in [2.45, 2.75) is 4.90 Å². The highest BCUT2D eigenvalue weighted by molar-refractivity contribution is 7.92. The molecule has 6 nitrogen and oxygen atoms in total. The summed E-state index contributed by atoms with van der Waals surface area (Å²) in [6.07, 6.45) is 4.27. The molecule has 0 saturated carbocycles. The summed E-state index contributed by atoms with van der Waals surface area (Å²) < 4.78 is 27.0. The number of rotatable bonds is 7. The molecule has 35 heavy (non-hydrogen) atoms. The van der Waals surface area contributed by atoms with Gasteiger partial charge in [0.1, 0.15) is 0 Å². The molecule has 1 saturated heterocycles. The van der Waals surface area contributed by atoms with E-state index in [4.69, 9.17) is 11.6 Å². The summed E-state index contributed by atoms with van der Waals surface area (Å²) in [6.45, 7) is 3.78. The summed E-state index contributed by atoms with van der Waals surface area (Å²) in [4.78, 5) is 17.3. The van der Waals surface area contributed by atoms with Gasteiger partial charge in [0.05, 0.1) is 10.6 Å². The number of nitrogens with zero attached hydrogens (tertiary/aromatic N) is 3. The molecule has 0 bridgehead atoms. The molecule has 0 radical (unpaired) electrons. The first kappa shape index (κ1) is 25.0. The molecule has 4 rings (SSSR count). The van der Waals surface area contributed by atoms with Crippen LogP contribution in [0.15, 0.2) is 89.8 Å². The standard InChI is InChI=1S/C27H28ClN3O3S/c1-29(35(33,34)26-15-11-24(28)12-16-26)25-13-9-23(10-14-25)27(32)31-20-18-30(19-21-31)17-5-8-22-6-3-2-4-7-22/h2-16H,17-21H2,1H3/b8-5+. The van der Waals surface area contributed by atoms with Crippen LogP contribution in [0.5, 0.6) is 0 Å². The monoisotopic (exact) mass is 509 g/mol. The van der Waals surface area contributed by atoms with Crippen molar-refractivity contribution in [2.24, 2.45) is 0 Å². The highest BCUT2D eigenvalue weighted by Gasteiger charge is 2.24. The number of hydrogen-bond donors (Lipinski definition) is 0. The molecule has 3 aromatic rings. The highest BCUT2D eigenvalue weighted by atomic mass is 35.5. The molecule has 1 aliphatic rings. The van der Waals surface area contributed by atoms with Gasteiger partial charge in [-0.1, -0.05) is 54.1 Å². The van der Waals surface area contributed by atoms with Gasteiger partial charge in [-0.3, -0.25) is 14.0 Å². The van der Waals surface area contributed by atoms with Gasteiger partial charge in [-0.15, -0.1) is 0 Å². The lowest BCUT2D eigenvalue weighted by atomic mass is 10.1. The van der Waals surface area contributed by atoms with E-state index in [1.807, 2.05) is 23.1 Å². The Morgan fingerprint density at radius 3 is 2.17 bits per heavy atom. The number of carbonyl (C=O) groups excluding carboxylic acids is 1. The molecule has 0 aromatic heterocycles. The van der Waals surface area contributed by atoms with E-state index in [1.54, 1.807) is 36.4 Å². The Morgan fingerprint density at radius 2 is 1.54 bits per heavy atom. The number of carbonyl (C=O) groups is 1. The van der Waals surface area contributed by atoms with Crippen molar-refractivity contribution in [1.82, 2.24) is 9.80 Å². The maximum atomic E-state index is 13.0. The molecule has 182 valence electrons. The summed E-state index contributed by atoms with van der Waals surface area (Å²) in [5, 5.41) is 0.471. The van der Waals surface area contributed by atoms with Gasteiger partial charge in [-0.2, -0.15) is 0 Å². The topological polar surface area (TPSA) is 60.9 Å². The van der Waals surface area contributed by atoms with E-state index in [1.165, 1.54) is 29.0 Å². The minimum atomic E-state index is -3.73. The molecule has 0 N–H and O–H groups in total. The van der Waals surface area contributed by atoms with Crippen LogP contribution in [0.2, 0.25) is 5.02 Å². The Kier molecular flexibility index (Phi) is 7.90. The molecule has 3 aromatic carbocycles. The van der Waals surface area contributed by atoms with E-state index in [-0.39, 0.29) is 10.8 Å². The molecule has 0 unspecified atom stereocenters. The Morgan fingerprint density at radius 1 is 0.914 bits per heavy atom. The molecule has 1 heterocycles. The van der Waals surface area contributed by atoms with Crippen LogP contribution < -0.4 is 4.31 Å². The molecule has 0 atom stereocenters. The van der Waals surface area contributed by atoms with Crippen LogP contribution in [0.3, 0.4) is 0 Å². The Balaban J connectivity index is 1.33. The first-order valence-electron chi connectivity index (χ1n) is 11.4. The predicted molar refractivity (Wildman–Crippen MR) is 141 cm³/mol. The van der Waals surface area contributed by atoms with E-state index >= 15 is 0 Å². The minimum absolute atomic E-state index is 0.0424. The van der Waals surface area contributed by atoms with Crippen molar-refractivity contribution in [2.75, 3.05) is 44.1 Å². The van der Waals surface area contributed by atoms with E-state index < -0.39 is 10.0 Å². The maximum absolute atomic E-state index is 13.0. The van der Waals surface area contributed by atoms with Crippen molar-refractivity contribution in [3.63, 3.8) is 0 Å². The predicted octanol–water partition coefficient (Wildman–Crippen LogP) is 4.64. The second-order valence-electron chi connectivity index (χ2n) is 8.38. The molecule has 0 spiro atoms. The van der Waals surface area contributed by atoms with Crippen LogP contribution in [0, 0.1) is 0 Å². The zero-order valence-corrected chi connectivity index (χ0v) is 21.1. The van der Waals surface area contributed by atoms with Gasteiger partial charge >= 0.3 is 0 Å². The third-order valence-electron chi connectivity index (χ3n) is 6.08. The average Bonchev–Trinajstić information content (AvgIpc) is 2.89. The van der Waals surface area contributed by atoms with Gasteiger partial charge in [0.25, 0.3) is 15.9 Å². The molecule has 0 aliphatic carbocycles. The SMILES string of the molecule is CN(c1ccc(C(=O)N2CCN(C/C=C/c3ccccc3)CC2)cc1)S(=O)(=O)c1ccc(Cl)cc1. The van der Waals surface area contributed by atoms with Gasteiger partial charge in [-0.25, -0.2) is 8.42 Å². The number of hydrogen-bond acceptors (Lipinski definition) is 4. The minimum Gasteiger partial charge on any atom is -0.336 e. The van der Waals surface area contributed by atoms with Crippen LogP contribution >= 0.6 is 11.6 Å². The molecule has 1 aliphatic heterocycles. The first-order valence-corrected chi connectivity index (χ1v) is 13.2. The fraction of sp³-hybridized carbons (Fsp3) is 0.222. The number of halogens is 1. The van der Waals surface area contributed by atoms with Gasteiger partial charge < -0.3 is 4.90 Å². The summed E-state index contributed by atoms with van der Waals surface area (Å²) >= 11 is 5.87. The smallest absolute Gasteiger partial charge is 0.264 e. The van der Waals surface area contributed by atoms with Gasteiger partial charge in [-0.05, 0) is 54.1 Å². The third-order valence-corrected chi connectivity index (χ3v) is 8.13. The lowest BCUT2D eigenvalue weighted by Gasteiger charge is -2.34. The van der Waals surface area contributed by atoms with Crippen molar-refractivity contribution < 1.29 is 13.2 Å². The van der Waals surface area contributed by atoms with Gasteiger partial charge in [0, 0.05) is 50.4 Å². The number of sulfonamides is 1. The van der Waals surface area contributed by atoms with Crippen molar-refractivity contribution in [3.05, 3.63) is 101 Å². The molecule has 1 amide bonds. The Bertz CT molecular complexity index is 1270. The van der Waals surface area contributed by atoms with Crippen LogP contribution in [-0.2, 0) is 10.0 Å². The second kappa shape index (κ2) is 11.1. The highest BCUT2D eigenvalue weighted by Crippen LogP contribution is 2.24. The van der Waals surface area contributed by atoms with Crippen LogP contribution in [-0.4, -0.2) is 63.9 Å². The quantitative estimate of drug-likeness (QED) is 0.465. The molecular formula is C27H28ClN3O3S. The third kappa shape index (κ3) is 6.11. The van der Waals surface area contributed by atoms with Crippen LogP contribution in [0.1, 0.15) is 15.9 Å². The van der Waals surface area contributed by atoms with Crippen LogP contribution in [0.25, 0.3) is 6.08 Å². The zero-order valence-electron chi connectivity index (χ0n) is 19.5. The van der Waals surface area contributed by atoms with E-state index in [0.717, 1.165) is 19.6 Å². The summed E-state index contributed by atoms with van der Waals surface area (Å²) in [6, 6.07) is 22.9. The van der Waals surface area contributed by atoms with Crippen LogP contribution in [0.4, 0.5) is 5.69 Å². The van der Waals surface area contributed by atoms with Gasteiger partial charge in [0.2, 0.25) is 0 Å². The summed E-state index contributed by atoms with van der Waals surface area (Å²) in [5.41, 5.74) is 2.20. The maximum Gasteiger partial charge on any atom is 0.264 e. The fourth-order valence-corrected chi connectivity index (χ4v) is 5.26. The average molecular weight is 510 g/mol. The van der Waals surface area contributed by atoms with E-state index in [0.29, 0.717) is 29.4 Å². The van der Waals surface area contributed by atoms with Crippen molar-refractivity contribution >= 4 is 39.3 Å². The normalized spacial score (nSPS) is 14.9. The number of benzene rings is 3. The zero-order chi connectivity index (χ0) is 24.8. The van der Waals surface area contributed by atoms with Crippen molar-refractivity contribution in [1.29, 1.82) is 0 Å². The molecular weight excluding hydrogens is 482 g/mol. The summed E-state index contributed by atoms with van der Waals surface area (Å²) in [5.74, 6) is -0.0424. The lowest BCUT2D eigenvalue weighted by Crippen LogP contribution is -2.48. The Labute approximate surface area is 212 Å². The van der Waals surface area contributed by atoms with Crippen molar-refractivity contribution in [3.8, 4) is 0 Å². The van der Waals surface area contributed by atoms with Gasteiger partial charge in [0.15, 0.2) is 0 Å². The van der Waals surface area contributed by atoms with E-state index in [9.17, 15) is 13.2 Å². The number of piperazine rings is 1. The Hall–Kier alpha value is -3.13. The molecule has 1 fully saturated rings. The first-order chi connectivity index (χ1) is 16.8. The summed E-state index contributed by atoms with van der Waals surface area (Å²) in [7, 11) is -2.23. The lowest BCUT2D eigenvalue weighted by molar-refractivity contribution is 0.0650.